The van der Waals surface area contributed by atoms with Crippen molar-refractivity contribution in [2.24, 2.45) is 5.92 Å². The minimum atomic E-state index is -0.281. The number of benzene rings is 2. The molecule has 7 heteroatoms. The Kier molecular flexibility index (Phi) is 5.54. The predicted octanol–water partition coefficient (Wildman–Crippen LogP) is 4.94. The second kappa shape index (κ2) is 8.41. The molecule has 0 unspecified atom stereocenters. The first-order chi connectivity index (χ1) is 14.1. The lowest BCUT2D eigenvalue weighted by molar-refractivity contribution is -0.120. The molecule has 146 valence electrons. The zero-order chi connectivity index (χ0) is 20.2. The maximum atomic E-state index is 12.5. The van der Waals surface area contributed by atoms with Crippen LogP contribution in [-0.2, 0) is 4.79 Å². The van der Waals surface area contributed by atoms with E-state index in [0.29, 0.717) is 21.9 Å². The molecule has 6 nitrogen and oxygen atoms in total. The molecule has 1 aromatic heterocycles. The van der Waals surface area contributed by atoms with Crippen LogP contribution >= 0.6 is 11.3 Å². The number of hydrogen-bond donors (Lipinski definition) is 2. The number of thiazole rings is 1. The number of nitrogens with one attached hydrogen (secondary N) is 2. The molecule has 1 fully saturated rings. The number of carbonyl (C=O) groups is 2. The van der Waals surface area contributed by atoms with Crippen molar-refractivity contribution in [2.45, 2.75) is 32.1 Å². The maximum Gasteiger partial charge on any atom is 0.255 e. The molecule has 2 N–H and O–H groups in total. The summed E-state index contributed by atoms with van der Waals surface area (Å²) in [6.45, 7) is 0. The SMILES string of the molecule is N#Cc1cccc(C(=O)Nc2ccc3nc(NC(=O)C4CCCCC4)sc3c2)c1. The minimum absolute atomic E-state index is 0.0506. The summed E-state index contributed by atoms with van der Waals surface area (Å²) in [6, 6.07) is 14.0. The Balaban J connectivity index is 1.47. The van der Waals surface area contributed by atoms with Crippen LogP contribution in [0.2, 0.25) is 0 Å². The van der Waals surface area contributed by atoms with Gasteiger partial charge in [0.1, 0.15) is 0 Å². The van der Waals surface area contributed by atoms with Crippen molar-refractivity contribution in [1.29, 1.82) is 5.26 Å². The molecule has 2 aromatic carbocycles. The normalized spacial score (nSPS) is 14.3. The van der Waals surface area contributed by atoms with Gasteiger partial charge in [0.25, 0.3) is 5.91 Å². The van der Waals surface area contributed by atoms with Crippen LogP contribution in [0.4, 0.5) is 10.8 Å². The number of nitrogens with zero attached hydrogens (tertiary/aromatic N) is 2. The number of hydrogen-bond acceptors (Lipinski definition) is 5. The third-order valence-corrected chi connectivity index (χ3v) is 6.04. The van der Waals surface area contributed by atoms with Gasteiger partial charge in [0, 0.05) is 17.2 Å². The highest BCUT2D eigenvalue weighted by atomic mass is 32.1. The first-order valence-electron chi connectivity index (χ1n) is 9.65. The van der Waals surface area contributed by atoms with Crippen molar-refractivity contribution in [3.8, 4) is 6.07 Å². The average Bonchev–Trinajstić information content (AvgIpc) is 3.15. The van der Waals surface area contributed by atoms with Gasteiger partial charge in [0.05, 0.1) is 21.8 Å². The molecule has 0 spiro atoms. The Labute approximate surface area is 172 Å². The molecule has 4 rings (SSSR count). The summed E-state index contributed by atoms with van der Waals surface area (Å²) in [5.74, 6) is -0.152. The molecular weight excluding hydrogens is 384 g/mol. The first-order valence-corrected chi connectivity index (χ1v) is 10.5. The molecule has 0 saturated heterocycles. The van der Waals surface area contributed by atoms with E-state index in [1.165, 1.54) is 17.8 Å². The van der Waals surface area contributed by atoms with E-state index in [1.807, 2.05) is 18.2 Å². The van der Waals surface area contributed by atoms with Crippen LogP contribution in [-0.4, -0.2) is 16.8 Å². The fourth-order valence-electron chi connectivity index (χ4n) is 3.56. The van der Waals surface area contributed by atoms with Gasteiger partial charge in [0.2, 0.25) is 5.91 Å². The zero-order valence-corrected chi connectivity index (χ0v) is 16.6. The molecule has 0 radical (unpaired) electrons. The lowest BCUT2D eigenvalue weighted by Gasteiger charge is -2.19. The van der Waals surface area contributed by atoms with Gasteiger partial charge >= 0.3 is 0 Å². The van der Waals surface area contributed by atoms with Crippen molar-refractivity contribution in [1.82, 2.24) is 4.98 Å². The van der Waals surface area contributed by atoms with Gasteiger partial charge in [-0.3, -0.25) is 9.59 Å². The first kappa shape index (κ1) is 19.1. The Morgan fingerprint density at radius 2 is 1.90 bits per heavy atom. The van der Waals surface area contributed by atoms with Crippen LogP contribution in [0.1, 0.15) is 48.0 Å². The van der Waals surface area contributed by atoms with Gasteiger partial charge in [-0.15, -0.1) is 0 Å². The molecule has 1 heterocycles. The van der Waals surface area contributed by atoms with Gasteiger partial charge in [-0.05, 0) is 49.2 Å². The summed E-state index contributed by atoms with van der Waals surface area (Å²) in [5.41, 5.74) is 2.28. The molecule has 0 atom stereocenters. The molecule has 2 amide bonds. The maximum absolute atomic E-state index is 12.5. The molecule has 1 aliphatic carbocycles. The summed E-state index contributed by atoms with van der Waals surface area (Å²) in [7, 11) is 0. The molecule has 0 aliphatic heterocycles. The van der Waals surface area contributed by atoms with Crippen LogP contribution < -0.4 is 10.6 Å². The fourth-order valence-corrected chi connectivity index (χ4v) is 4.47. The number of aromatic nitrogens is 1. The smallest absolute Gasteiger partial charge is 0.255 e. The molecule has 0 bridgehead atoms. The Hall–Kier alpha value is -3.24. The van der Waals surface area contributed by atoms with Crippen LogP contribution in [0.15, 0.2) is 42.5 Å². The molecule has 1 saturated carbocycles. The zero-order valence-electron chi connectivity index (χ0n) is 15.8. The number of rotatable bonds is 4. The van der Waals surface area contributed by atoms with Gasteiger partial charge < -0.3 is 10.6 Å². The quantitative estimate of drug-likeness (QED) is 0.644. The molecular formula is C22H20N4O2S. The lowest BCUT2D eigenvalue weighted by Crippen LogP contribution is -2.24. The number of fused-ring (bicyclic) bond motifs is 1. The van der Waals surface area contributed by atoms with Gasteiger partial charge in [-0.2, -0.15) is 5.26 Å². The van der Waals surface area contributed by atoms with Crippen molar-refractivity contribution < 1.29 is 9.59 Å². The number of nitriles is 1. The van der Waals surface area contributed by atoms with Crippen molar-refractivity contribution in [2.75, 3.05) is 10.6 Å². The standard InChI is InChI=1S/C22H20N4O2S/c23-13-14-5-4-8-16(11-14)21(28)24-17-9-10-18-19(12-17)29-22(25-18)26-20(27)15-6-2-1-3-7-15/h4-5,8-12,15H,1-3,6-7H2,(H,24,28)(H,25,26,27). The van der Waals surface area contributed by atoms with E-state index < -0.39 is 0 Å². The van der Waals surface area contributed by atoms with Crippen molar-refractivity contribution in [3.63, 3.8) is 0 Å². The Morgan fingerprint density at radius 1 is 1.07 bits per heavy atom. The largest absolute Gasteiger partial charge is 0.322 e. The summed E-state index contributed by atoms with van der Waals surface area (Å²) in [6.07, 6.45) is 5.32. The van der Waals surface area contributed by atoms with Crippen molar-refractivity contribution in [3.05, 3.63) is 53.6 Å². The number of carbonyl (C=O) groups excluding carboxylic acids is 2. The van der Waals surface area contributed by atoms with E-state index in [4.69, 9.17) is 5.26 Å². The second-order valence-corrected chi connectivity index (χ2v) is 8.20. The van der Waals surface area contributed by atoms with E-state index in [0.717, 1.165) is 35.9 Å². The topological polar surface area (TPSA) is 94.9 Å². The molecule has 3 aromatic rings. The monoisotopic (exact) mass is 404 g/mol. The Bertz CT molecular complexity index is 1110. The third kappa shape index (κ3) is 4.44. The number of anilines is 2. The highest BCUT2D eigenvalue weighted by Crippen LogP contribution is 2.30. The minimum Gasteiger partial charge on any atom is -0.322 e. The van der Waals surface area contributed by atoms with E-state index in [1.54, 1.807) is 30.3 Å². The van der Waals surface area contributed by atoms with E-state index >= 15 is 0 Å². The highest BCUT2D eigenvalue weighted by molar-refractivity contribution is 7.22. The van der Waals surface area contributed by atoms with Crippen LogP contribution in [0.3, 0.4) is 0 Å². The third-order valence-electron chi connectivity index (χ3n) is 5.11. The van der Waals surface area contributed by atoms with E-state index in [2.05, 4.69) is 15.6 Å². The second-order valence-electron chi connectivity index (χ2n) is 7.17. The summed E-state index contributed by atoms with van der Waals surface area (Å²) in [4.78, 5) is 29.4. The van der Waals surface area contributed by atoms with Gasteiger partial charge in [-0.25, -0.2) is 4.98 Å². The fraction of sp³-hybridized carbons (Fsp3) is 0.273. The average molecular weight is 404 g/mol. The van der Waals surface area contributed by atoms with Gasteiger partial charge in [-0.1, -0.05) is 36.7 Å². The summed E-state index contributed by atoms with van der Waals surface area (Å²) < 4.78 is 0.882. The van der Waals surface area contributed by atoms with E-state index in [-0.39, 0.29) is 17.7 Å². The lowest BCUT2D eigenvalue weighted by atomic mass is 9.89. The molecule has 1 aliphatic rings. The van der Waals surface area contributed by atoms with E-state index in [9.17, 15) is 9.59 Å². The Morgan fingerprint density at radius 3 is 2.69 bits per heavy atom. The number of amides is 2. The van der Waals surface area contributed by atoms with Crippen molar-refractivity contribution >= 4 is 44.2 Å². The summed E-state index contributed by atoms with van der Waals surface area (Å²) in [5, 5.41) is 15.4. The van der Waals surface area contributed by atoms with Crippen LogP contribution in [0, 0.1) is 17.2 Å². The summed E-state index contributed by atoms with van der Waals surface area (Å²) >= 11 is 1.40. The predicted molar refractivity (Wildman–Crippen MR) is 114 cm³/mol. The van der Waals surface area contributed by atoms with Crippen LogP contribution in [0.25, 0.3) is 10.2 Å². The van der Waals surface area contributed by atoms with Gasteiger partial charge in [0.15, 0.2) is 5.13 Å². The van der Waals surface area contributed by atoms with Crippen LogP contribution in [0.5, 0.6) is 0 Å². The highest BCUT2D eigenvalue weighted by Gasteiger charge is 2.22. The molecule has 29 heavy (non-hydrogen) atoms.